The van der Waals surface area contributed by atoms with Crippen LogP contribution < -0.4 is 5.73 Å². The molecule has 1 aliphatic heterocycles. The monoisotopic (exact) mass is 534 g/mol. The van der Waals surface area contributed by atoms with Crippen molar-refractivity contribution in [1.82, 2.24) is 14.1 Å². The maximum Gasteiger partial charge on any atom is 0.243 e. The van der Waals surface area contributed by atoms with E-state index >= 15 is 0 Å². The fourth-order valence-electron chi connectivity index (χ4n) is 5.83. The molecule has 0 unspecified atom stereocenters. The van der Waals surface area contributed by atoms with Gasteiger partial charge in [0.15, 0.2) is 0 Å². The highest BCUT2D eigenvalue weighted by Crippen LogP contribution is 2.28. The van der Waals surface area contributed by atoms with Crippen LogP contribution in [0.3, 0.4) is 0 Å². The summed E-state index contributed by atoms with van der Waals surface area (Å²) in [6.45, 7) is 12.5. The summed E-state index contributed by atoms with van der Waals surface area (Å²) in [5, 5.41) is 0. The smallest absolute Gasteiger partial charge is 0.243 e. The number of likely N-dealkylation sites (N-methyl/N-ethyl adjacent to an activating group) is 1. The predicted octanol–water partition coefficient (Wildman–Crippen LogP) is 4.34. The minimum absolute atomic E-state index is 0.335. The first-order valence-corrected chi connectivity index (χ1v) is 15.0. The summed E-state index contributed by atoms with van der Waals surface area (Å²) in [6, 6.07) is 24.0. The molecule has 0 amide bonds. The molecule has 1 heterocycles. The molecule has 0 aliphatic carbocycles. The van der Waals surface area contributed by atoms with Crippen LogP contribution in [-0.2, 0) is 23.1 Å². The molecule has 1 aliphatic rings. The van der Waals surface area contributed by atoms with Crippen LogP contribution in [0.5, 0.6) is 0 Å². The first-order valence-electron chi connectivity index (χ1n) is 13.6. The molecule has 7 heteroatoms. The molecule has 38 heavy (non-hydrogen) atoms. The minimum atomic E-state index is -3.75. The summed E-state index contributed by atoms with van der Waals surface area (Å²) in [7, 11) is -3.75. The second-order valence-electron chi connectivity index (χ2n) is 10.6. The number of hydrogen-bond acceptors (Lipinski definition) is 5. The first kappa shape index (κ1) is 28.5. The number of nitrogens with two attached hydrogens (primary N) is 1. The molecule has 0 aromatic heterocycles. The van der Waals surface area contributed by atoms with E-state index in [1.54, 1.807) is 4.31 Å². The quantitative estimate of drug-likeness (QED) is 0.466. The molecule has 204 valence electrons. The summed E-state index contributed by atoms with van der Waals surface area (Å²) >= 11 is 0. The van der Waals surface area contributed by atoms with Crippen molar-refractivity contribution >= 4 is 10.0 Å². The van der Waals surface area contributed by atoms with Crippen LogP contribution >= 0.6 is 0 Å². The van der Waals surface area contributed by atoms with Crippen LogP contribution in [-0.4, -0.2) is 67.3 Å². The minimum Gasteiger partial charge on any atom is -0.325 e. The van der Waals surface area contributed by atoms with E-state index in [4.69, 9.17) is 5.73 Å². The standard InChI is InChI=1S/C31H42N4O2S/c1-5-35(38(36,37)31-25(3)18-24(2)19-26(31)4)30-23-34(21-28-14-10-7-11-15-28)17-16-33(22-29(30)32)20-27-12-8-6-9-13-27/h6-15,18-19,29-30H,5,16-17,20-23,32H2,1-4H3/t29-,30-/m0/s1. The number of aryl methyl sites for hydroxylation is 3. The van der Waals surface area contributed by atoms with Gasteiger partial charge in [-0.2, -0.15) is 4.31 Å². The number of rotatable bonds is 8. The second-order valence-corrected chi connectivity index (χ2v) is 12.4. The Kier molecular flexibility index (Phi) is 9.39. The van der Waals surface area contributed by atoms with Gasteiger partial charge in [0.1, 0.15) is 0 Å². The lowest BCUT2D eigenvalue weighted by Gasteiger charge is -2.42. The van der Waals surface area contributed by atoms with Gasteiger partial charge in [0, 0.05) is 51.9 Å². The highest BCUT2D eigenvalue weighted by Gasteiger charge is 2.38. The van der Waals surface area contributed by atoms with Crippen molar-refractivity contribution < 1.29 is 8.42 Å². The second kappa shape index (κ2) is 12.5. The predicted molar refractivity (Wildman–Crippen MR) is 155 cm³/mol. The zero-order valence-corrected chi connectivity index (χ0v) is 24.0. The van der Waals surface area contributed by atoms with Gasteiger partial charge < -0.3 is 5.73 Å². The van der Waals surface area contributed by atoms with Crippen molar-refractivity contribution in [2.45, 2.75) is 57.8 Å². The molecule has 2 N–H and O–H groups in total. The first-order chi connectivity index (χ1) is 18.2. The van der Waals surface area contributed by atoms with E-state index in [0.717, 1.165) is 42.9 Å². The number of nitrogens with zero attached hydrogens (tertiary/aromatic N) is 3. The van der Waals surface area contributed by atoms with Crippen molar-refractivity contribution in [3.63, 3.8) is 0 Å². The maximum absolute atomic E-state index is 14.2. The van der Waals surface area contributed by atoms with E-state index in [0.29, 0.717) is 24.5 Å². The van der Waals surface area contributed by atoms with E-state index in [1.807, 2.05) is 52.0 Å². The summed E-state index contributed by atoms with van der Waals surface area (Å²) in [5.74, 6) is 0. The SMILES string of the molecule is CCN([C@H]1CN(Cc2ccccc2)CCN(Cc2ccccc2)C[C@@H]1N)S(=O)(=O)c1c(C)cc(C)cc1C. The average Bonchev–Trinajstić information content (AvgIpc) is 2.86. The summed E-state index contributed by atoms with van der Waals surface area (Å²) < 4.78 is 30.1. The Labute approximate surface area is 229 Å². The van der Waals surface area contributed by atoms with E-state index in [9.17, 15) is 8.42 Å². The Morgan fingerprint density at radius 3 is 1.76 bits per heavy atom. The maximum atomic E-state index is 14.2. The highest BCUT2D eigenvalue weighted by molar-refractivity contribution is 7.89. The van der Waals surface area contributed by atoms with Crippen molar-refractivity contribution in [3.8, 4) is 0 Å². The van der Waals surface area contributed by atoms with Gasteiger partial charge in [-0.25, -0.2) is 8.42 Å². The van der Waals surface area contributed by atoms with Crippen molar-refractivity contribution in [1.29, 1.82) is 0 Å². The van der Waals surface area contributed by atoms with Crippen LogP contribution in [0.15, 0.2) is 77.7 Å². The molecule has 0 spiro atoms. The molecule has 4 rings (SSSR count). The van der Waals surface area contributed by atoms with Crippen molar-refractivity contribution in [2.75, 3.05) is 32.7 Å². The lowest BCUT2D eigenvalue weighted by molar-refractivity contribution is 0.105. The van der Waals surface area contributed by atoms with Gasteiger partial charge in [-0.15, -0.1) is 0 Å². The Bertz CT molecular complexity index is 1270. The van der Waals surface area contributed by atoms with Gasteiger partial charge in [-0.1, -0.05) is 85.3 Å². The number of benzene rings is 3. The van der Waals surface area contributed by atoms with Gasteiger partial charge in [0.25, 0.3) is 0 Å². The van der Waals surface area contributed by atoms with E-state index in [-0.39, 0.29) is 12.1 Å². The van der Waals surface area contributed by atoms with E-state index < -0.39 is 10.0 Å². The summed E-state index contributed by atoms with van der Waals surface area (Å²) in [5.41, 5.74) is 12.0. The third-order valence-corrected chi connectivity index (χ3v) is 9.80. The fraction of sp³-hybridized carbons (Fsp3) is 0.419. The fourth-order valence-corrected chi connectivity index (χ4v) is 7.92. The van der Waals surface area contributed by atoms with Crippen molar-refractivity contribution in [3.05, 3.63) is 101 Å². The number of sulfonamides is 1. The largest absolute Gasteiger partial charge is 0.325 e. The topological polar surface area (TPSA) is 69.9 Å². The summed E-state index contributed by atoms with van der Waals surface area (Å²) in [4.78, 5) is 5.15. The van der Waals surface area contributed by atoms with Gasteiger partial charge >= 0.3 is 0 Å². The van der Waals surface area contributed by atoms with Gasteiger partial charge in [0.05, 0.1) is 10.9 Å². The third kappa shape index (κ3) is 6.71. The average molecular weight is 535 g/mol. The van der Waals surface area contributed by atoms with E-state index in [1.165, 1.54) is 11.1 Å². The third-order valence-electron chi connectivity index (χ3n) is 7.49. The molecule has 0 bridgehead atoms. The molecule has 0 saturated carbocycles. The molecular formula is C31H42N4O2S. The lowest BCUT2D eigenvalue weighted by atomic mass is 10.0. The van der Waals surface area contributed by atoms with Crippen LogP contribution in [0.4, 0.5) is 0 Å². The van der Waals surface area contributed by atoms with Gasteiger partial charge in [-0.3, -0.25) is 9.80 Å². The van der Waals surface area contributed by atoms with Crippen LogP contribution in [0.25, 0.3) is 0 Å². The molecule has 3 aromatic carbocycles. The lowest BCUT2D eigenvalue weighted by Crippen LogP contribution is -2.61. The molecule has 6 nitrogen and oxygen atoms in total. The molecule has 2 atom stereocenters. The normalized spacial score (nSPS) is 19.8. The molecule has 1 fully saturated rings. The number of hydrogen-bond donors (Lipinski definition) is 1. The Balaban J connectivity index is 1.68. The molecule has 0 radical (unpaired) electrons. The zero-order valence-electron chi connectivity index (χ0n) is 23.2. The summed E-state index contributed by atoms with van der Waals surface area (Å²) in [6.07, 6.45) is 0. The van der Waals surface area contributed by atoms with Crippen LogP contribution in [0.2, 0.25) is 0 Å². The molecular weight excluding hydrogens is 492 g/mol. The Hall–Kier alpha value is -2.55. The van der Waals surface area contributed by atoms with Crippen LogP contribution in [0.1, 0.15) is 34.7 Å². The highest BCUT2D eigenvalue weighted by atomic mass is 32.2. The molecule has 1 saturated heterocycles. The van der Waals surface area contributed by atoms with Crippen molar-refractivity contribution in [2.24, 2.45) is 5.73 Å². The van der Waals surface area contributed by atoms with Gasteiger partial charge in [-0.05, 0) is 43.0 Å². The Morgan fingerprint density at radius 2 is 1.29 bits per heavy atom. The van der Waals surface area contributed by atoms with Gasteiger partial charge in [0.2, 0.25) is 10.0 Å². The Morgan fingerprint density at radius 1 is 0.816 bits per heavy atom. The van der Waals surface area contributed by atoms with Crippen LogP contribution in [0, 0.1) is 20.8 Å². The zero-order chi connectivity index (χ0) is 27.3. The van der Waals surface area contributed by atoms with E-state index in [2.05, 4.69) is 58.3 Å². The molecule has 3 aromatic rings.